The zero-order valence-corrected chi connectivity index (χ0v) is 12.9. The van der Waals surface area contributed by atoms with E-state index in [9.17, 15) is 8.42 Å². The van der Waals surface area contributed by atoms with Crippen LogP contribution in [0.2, 0.25) is 0 Å². The smallest absolute Gasteiger partial charge is 0.264 e. The Morgan fingerprint density at radius 3 is 2.16 bits per heavy atom. The van der Waals surface area contributed by atoms with Crippen LogP contribution in [0.15, 0.2) is 64.0 Å². The van der Waals surface area contributed by atoms with Crippen LogP contribution in [0.4, 0.5) is 5.69 Å². The lowest BCUT2D eigenvalue weighted by Crippen LogP contribution is -2.31. The van der Waals surface area contributed by atoms with Gasteiger partial charge in [0.25, 0.3) is 10.0 Å². The molecule has 0 saturated heterocycles. The maximum atomic E-state index is 12.6. The molecule has 2 aromatic carbocycles. The Hall–Kier alpha value is -1.33. The number of halogens is 1. The first-order chi connectivity index (χ1) is 9.07. The van der Waals surface area contributed by atoms with E-state index in [1.165, 1.54) is 4.31 Å². The van der Waals surface area contributed by atoms with Gasteiger partial charge in [-0.15, -0.1) is 0 Å². The number of hydrogen-bond acceptors (Lipinski definition) is 2. The molecule has 2 aromatic rings. The zero-order chi connectivity index (χ0) is 13.9. The summed E-state index contributed by atoms with van der Waals surface area (Å²) in [7, 11) is -3.52. The third-order valence-corrected chi connectivity index (χ3v) is 5.31. The van der Waals surface area contributed by atoms with Crippen molar-refractivity contribution >= 4 is 31.6 Å². The normalized spacial score (nSPS) is 11.3. The van der Waals surface area contributed by atoms with E-state index in [1.807, 2.05) is 25.1 Å². The lowest BCUT2D eigenvalue weighted by Gasteiger charge is -2.23. The van der Waals surface area contributed by atoms with Gasteiger partial charge in [0.2, 0.25) is 0 Å². The van der Waals surface area contributed by atoms with E-state index in [4.69, 9.17) is 0 Å². The van der Waals surface area contributed by atoms with Crippen molar-refractivity contribution in [3.05, 3.63) is 59.1 Å². The fraction of sp³-hybridized carbons (Fsp3) is 0.143. The second kappa shape index (κ2) is 5.75. The van der Waals surface area contributed by atoms with E-state index in [1.54, 1.807) is 36.4 Å². The molecular weight excluding hydrogens is 326 g/mol. The zero-order valence-electron chi connectivity index (χ0n) is 10.5. The molecule has 0 atom stereocenters. The average Bonchev–Trinajstić information content (AvgIpc) is 2.42. The standard InChI is InChI=1S/C14H14BrNO2S/c1-2-16(14-11-7-6-10-13(14)15)19(17,18)12-8-4-3-5-9-12/h3-11H,2H2,1H3. The SMILES string of the molecule is CCN(c1ccccc1Br)S(=O)(=O)c1ccccc1. The van der Waals surface area contributed by atoms with E-state index in [-0.39, 0.29) is 0 Å². The van der Waals surface area contributed by atoms with E-state index >= 15 is 0 Å². The molecule has 0 aromatic heterocycles. The topological polar surface area (TPSA) is 37.4 Å². The summed E-state index contributed by atoms with van der Waals surface area (Å²) in [6.45, 7) is 2.19. The van der Waals surface area contributed by atoms with Gasteiger partial charge in [0.05, 0.1) is 10.6 Å². The molecule has 0 heterocycles. The van der Waals surface area contributed by atoms with Gasteiger partial charge in [-0.2, -0.15) is 0 Å². The number of sulfonamides is 1. The highest BCUT2D eigenvalue weighted by molar-refractivity contribution is 9.10. The van der Waals surface area contributed by atoms with Crippen molar-refractivity contribution in [1.29, 1.82) is 0 Å². The molecule has 0 radical (unpaired) electrons. The number of para-hydroxylation sites is 1. The summed E-state index contributed by atoms with van der Waals surface area (Å²) < 4.78 is 27.4. The van der Waals surface area contributed by atoms with Crippen molar-refractivity contribution in [3.63, 3.8) is 0 Å². The monoisotopic (exact) mass is 339 g/mol. The summed E-state index contributed by atoms with van der Waals surface area (Å²) in [6, 6.07) is 15.8. The maximum Gasteiger partial charge on any atom is 0.264 e. The Kier molecular flexibility index (Phi) is 4.27. The van der Waals surface area contributed by atoms with E-state index in [0.29, 0.717) is 17.1 Å². The lowest BCUT2D eigenvalue weighted by atomic mass is 10.3. The lowest BCUT2D eigenvalue weighted by molar-refractivity contribution is 0.592. The third-order valence-electron chi connectivity index (χ3n) is 2.74. The molecule has 0 spiro atoms. The van der Waals surface area contributed by atoms with Crippen LogP contribution < -0.4 is 4.31 Å². The summed E-state index contributed by atoms with van der Waals surface area (Å²) in [5.41, 5.74) is 0.647. The first-order valence-electron chi connectivity index (χ1n) is 5.89. The maximum absolute atomic E-state index is 12.6. The van der Waals surface area contributed by atoms with Crippen LogP contribution >= 0.6 is 15.9 Å². The molecule has 0 amide bonds. The Morgan fingerprint density at radius 1 is 1.00 bits per heavy atom. The first-order valence-corrected chi connectivity index (χ1v) is 8.13. The molecule has 100 valence electrons. The molecule has 5 heteroatoms. The number of anilines is 1. The van der Waals surface area contributed by atoms with Crippen molar-refractivity contribution in [1.82, 2.24) is 0 Å². The van der Waals surface area contributed by atoms with E-state index in [2.05, 4.69) is 15.9 Å². The van der Waals surface area contributed by atoms with Crippen molar-refractivity contribution < 1.29 is 8.42 Å². The van der Waals surface area contributed by atoms with Gasteiger partial charge in [0, 0.05) is 11.0 Å². The minimum atomic E-state index is -3.52. The summed E-state index contributed by atoms with van der Waals surface area (Å²) in [5.74, 6) is 0. The largest absolute Gasteiger partial charge is 0.265 e. The Bertz CT molecular complexity index is 656. The summed E-state index contributed by atoms with van der Waals surface area (Å²) in [4.78, 5) is 0.299. The Balaban J connectivity index is 2.52. The first kappa shape index (κ1) is 14.1. The van der Waals surface area contributed by atoms with Gasteiger partial charge in [0.1, 0.15) is 0 Å². The van der Waals surface area contributed by atoms with Crippen molar-refractivity contribution in [3.8, 4) is 0 Å². The molecule has 2 rings (SSSR count). The van der Waals surface area contributed by atoms with Gasteiger partial charge in [-0.1, -0.05) is 30.3 Å². The predicted octanol–water partition coefficient (Wildman–Crippen LogP) is 3.66. The summed E-state index contributed by atoms with van der Waals surface area (Å²) in [6.07, 6.45) is 0. The number of hydrogen-bond donors (Lipinski definition) is 0. The average molecular weight is 340 g/mol. The second-order valence-electron chi connectivity index (χ2n) is 3.93. The highest BCUT2D eigenvalue weighted by Crippen LogP contribution is 2.30. The van der Waals surface area contributed by atoms with Gasteiger partial charge in [-0.25, -0.2) is 8.42 Å². The highest BCUT2D eigenvalue weighted by Gasteiger charge is 2.24. The van der Waals surface area contributed by atoms with Gasteiger partial charge < -0.3 is 0 Å². The second-order valence-corrected chi connectivity index (χ2v) is 6.65. The van der Waals surface area contributed by atoms with Crippen LogP contribution in [0, 0.1) is 0 Å². The Labute approximate surface area is 122 Å². The van der Waals surface area contributed by atoms with E-state index in [0.717, 1.165) is 4.47 Å². The van der Waals surface area contributed by atoms with Crippen molar-refractivity contribution in [2.24, 2.45) is 0 Å². The van der Waals surface area contributed by atoms with E-state index < -0.39 is 10.0 Å². The van der Waals surface area contributed by atoms with Gasteiger partial charge in [-0.3, -0.25) is 4.31 Å². The molecule has 0 aliphatic rings. The van der Waals surface area contributed by atoms with Crippen LogP contribution in [-0.4, -0.2) is 15.0 Å². The summed E-state index contributed by atoms with van der Waals surface area (Å²) >= 11 is 3.40. The van der Waals surface area contributed by atoms with Crippen molar-refractivity contribution in [2.45, 2.75) is 11.8 Å². The van der Waals surface area contributed by atoms with Crippen molar-refractivity contribution in [2.75, 3.05) is 10.8 Å². The summed E-state index contributed by atoms with van der Waals surface area (Å²) in [5, 5.41) is 0. The molecule has 0 N–H and O–H groups in total. The minimum absolute atomic E-state index is 0.299. The molecule has 3 nitrogen and oxygen atoms in total. The quantitative estimate of drug-likeness (QED) is 0.852. The number of benzene rings is 2. The van der Waals surface area contributed by atoms with Crippen LogP contribution in [0.1, 0.15) is 6.92 Å². The highest BCUT2D eigenvalue weighted by atomic mass is 79.9. The fourth-order valence-corrected chi connectivity index (χ4v) is 3.97. The van der Waals surface area contributed by atoms with Crippen LogP contribution in [0.25, 0.3) is 0 Å². The van der Waals surface area contributed by atoms with Crippen LogP contribution in [0.3, 0.4) is 0 Å². The third kappa shape index (κ3) is 2.82. The van der Waals surface area contributed by atoms with Crippen LogP contribution in [0.5, 0.6) is 0 Å². The number of nitrogens with zero attached hydrogens (tertiary/aromatic N) is 1. The number of rotatable bonds is 4. The molecule has 0 fully saturated rings. The fourth-order valence-electron chi connectivity index (χ4n) is 1.84. The molecule has 0 saturated carbocycles. The molecule has 0 bridgehead atoms. The molecule has 19 heavy (non-hydrogen) atoms. The Morgan fingerprint density at radius 2 is 1.58 bits per heavy atom. The molecular formula is C14H14BrNO2S. The van der Waals surface area contributed by atoms with Crippen LogP contribution in [-0.2, 0) is 10.0 Å². The van der Waals surface area contributed by atoms with Gasteiger partial charge in [0.15, 0.2) is 0 Å². The minimum Gasteiger partial charge on any atom is -0.265 e. The van der Waals surface area contributed by atoms with Gasteiger partial charge >= 0.3 is 0 Å². The molecule has 0 unspecified atom stereocenters. The molecule has 0 aliphatic heterocycles. The predicted molar refractivity (Wildman–Crippen MR) is 80.8 cm³/mol. The molecule has 0 aliphatic carbocycles. The van der Waals surface area contributed by atoms with Gasteiger partial charge in [-0.05, 0) is 47.1 Å².